The van der Waals surface area contributed by atoms with Gasteiger partial charge in [0.15, 0.2) is 0 Å². The predicted molar refractivity (Wildman–Crippen MR) is 80.6 cm³/mol. The summed E-state index contributed by atoms with van der Waals surface area (Å²) in [5.41, 5.74) is 2.37. The highest BCUT2D eigenvalue weighted by Gasteiger charge is 2.19. The van der Waals surface area contributed by atoms with Gasteiger partial charge in [0.2, 0.25) is 5.91 Å². The first-order valence-electron chi connectivity index (χ1n) is 8.11. The monoisotopic (exact) mass is 288 g/mol. The molecule has 1 N–H and O–H groups in total. The van der Waals surface area contributed by atoms with Crippen molar-refractivity contribution >= 4 is 5.91 Å². The Morgan fingerprint density at radius 1 is 1.33 bits per heavy atom. The maximum Gasteiger partial charge on any atom is 0.221 e. The third-order valence-corrected chi connectivity index (χ3v) is 4.58. The third kappa shape index (κ3) is 4.00. The molecule has 0 radical (unpaired) electrons. The van der Waals surface area contributed by atoms with Gasteiger partial charge in [0.05, 0.1) is 5.69 Å². The second kappa shape index (κ2) is 6.98. The Hall–Kier alpha value is -1.49. The SMILES string of the molecule is O=C(CCN1CCc2cncnc2C1)NC1CCCCC1. The minimum Gasteiger partial charge on any atom is -0.353 e. The van der Waals surface area contributed by atoms with E-state index >= 15 is 0 Å². The van der Waals surface area contributed by atoms with Crippen LogP contribution in [0, 0.1) is 0 Å². The van der Waals surface area contributed by atoms with E-state index in [4.69, 9.17) is 0 Å². The fraction of sp³-hybridized carbons (Fsp3) is 0.688. The van der Waals surface area contributed by atoms with Crippen LogP contribution in [0.15, 0.2) is 12.5 Å². The van der Waals surface area contributed by atoms with Crippen LogP contribution >= 0.6 is 0 Å². The van der Waals surface area contributed by atoms with Gasteiger partial charge in [-0.1, -0.05) is 19.3 Å². The van der Waals surface area contributed by atoms with E-state index < -0.39 is 0 Å². The van der Waals surface area contributed by atoms with Gasteiger partial charge >= 0.3 is 0 Å². The lowest BCUT2D eigenvalue weighted by Crippen LogP contribution is -2.39. The van der Waals surface area contributed by atoms with Crippen LogP contribution in [0.4, 0.5) is 0 Å². The number of carbonyl (C=O) groups is 1. The Bertz CT molecular complexity index is 485. The molecule has 0 spiro atoms. The first-order valence-corrected chi connectivity index (χ1v) is 8.11. The summed E-state index contributed by atoms with van der Waals surface area (Å²) in [7, 11) is 0. The van der Waals surface area contributed by atoms with E-state index in [1.165, 1.54) is 24.8 Å². The van der Waals surface area contributed by atoms with Crippen LogP contribution in [0.3, 0.4) is 0 Å². The van der Waals surface area contributed by atoms with E-state index in [-0.39, 0.29) is 5.91 Å². The van der Waals surface area contributed by atoms with Gasteiger partial charge in [-0.2, -0.15) is 0 Å². The summed E-state index contributed by atoms with van der Waals surface area (Å²) in [4.78, 5) is 22.8. The maximum atomic E-state index is 12.0. The minimum atomic E-state index is 0.204. The van der Waals surface area contributed by atoms with Gasteiger partial charge in [0, 0.05) is 38.3 Å². The number of carbonyl (C=O) groups excluding carboxylic acids is 1. The van der Waals surface area contributed by atoms with Gasteiger partial charge in [-0.15, -0.1) is 0 Å². The quantitative estimate of drug-likeness (QED) is 0.915. The first kappa shape index (κ1) is 14.4. The molecule has 1 aliphatic heterocycles. The molecule has 1 fully saturated rings. The number of nitrogens with one attached hydrogen (secondary N) is 1. The lowest BCUT2D eigenvalue weighted by molar-refractivity contribution is -0.122. The second-order valence-corrected chi connectivity index (χ2v) is 6.17. The minimum absolute atomic E-state index is 0.204. The van der Waals surface area contributed by atoms with Crippen LogP contribution < -0.4 is 5.32 Å². The van der Waals surface area contributed by atoms with Crippen LogP contribution in [0.25, 0.3) is 0 Å². The van der Waals surface area contributed by atoms with Crippen molar-refractivity contribution in [3.8, 4) is 0 Å². The van der Waals surface area contributed by atoms with Crippen molar-refractivity contribution < 1.29 is 4.79 Å². The van der Waals surface area contributed by atoms with Crippen LogP contribution in [0.5, 0.6) is 0 Å². The fourth-order valence-electron chi connectivity index (χ4n) is 3.30. The molecule has 1 aromatic rings. The molecule has 1 amide bonds. The molecule has 0 atom stereocenters. The van der Waals surface area contributed by atoms with Gasteiger partial charge in [0.25, 0.3) is 0 Å². The summed E-state index contributed by atoms with van der Waals surface area (Å²) in [5, 5.41) is 3.19. The molecule has 0 saturated heterocycles. The largest absolute Gasteiger partial charge is 0.353 e. The summed E-state index contributed by atoms with van der Waals surface area (Å²) in [6.45, 7) is 2.66. The summed E-state index contributed by atoms with van der Waals surface area (Å²) < 4.78 is 0. The molecule has 114 valence electrons. The Morgan fingerprint density at radius 2 is 2.19 bits per heavy atom. The Morgan fingerprint density at radius 3 is 3.05 bits per heavy atom. The first-order chi connectivity index (χ1) is 10.3. The Balaban J connectivity index is 1.42. The van der Waals surface area contributed by atoms with Gasteiger partial charge in [-0.3, -0.25) is 9.69 Å². The maximum absolute atomic E-state index is 12.0. The lowest BCUT2D eigenvalue weighted by Gasteiger charge is -2.28. The average Bonchev–Trinajstić information content (AvgIpc) is 2.54. The molecule has 1 aliphatic carbocycles. The van der Waals surface area contributed by atoms with E-state index in [0.717, 1.165) is 44.6 Å². The number of nitrogens with zero attached hydrogens (tertiary/aromatic N) is 3. The van der Waals surface area contributed by atoms with Gasteiger partial charge < -0.3 is 5.32 Å². The molecule has 0 bridgehead atoms. The van der Waals surface area contributed by atoms with Crippen molar-refractivity contribution in [2.75, 3.05) is 13.1 Å². The molecule has 21 heavy (non-hydrogen) atoms. The summed E-state index contributed by atoms with van der Waals surface area (Å²) in [6, 6.07) is 0.418. The standard InChI is InChI=1S/C16H24N4O/c21-16(19-14-4-2-1-3-5-14)7-9-20-8-6-13-10-17-12-18-15(13)11-20/h10,12,14H,1-9,11H2,(H,19,21). The molecular weight excluding hydrogens is 264 g/mol. The molecule has 3 rings (SSSR count). The van der Waals surface area contributed by atoms with E-state index in [2.05, 4.69) is 20.2 Å². The highest BCUT2D eigenvalue weighted by atomic mass is 16.1. The number of amides is 1. The highest BCUT2D eigenvalue weighted by molar-refractivity contribution is 5.76. The van der Waals surface area contributed by atoms with Crippen LogP contribution in [-0.2, 0) is 17.8 Å². The van der Waals surface area contributed by atoms with E-state index in [1.807, 2.05) is 6.20 Å². The molecule has 5 nitrogen and oxygen atoms in total. The molecule has 1 saturated carbocycles. The van der Waals surface area contributed by atoms with Crippen LogP contribution in [-0.4, -0.2) is 39.9 Å². The molecule has 2 aliphatic rings. The van der Waals surface area contributed by atoms with Crippen LogP contribution in [0.1, 0.15) is 49.8 Å². The van der Waals surface area contributed by atoms with Crippen LogP contribution in [0.2, 0.25) is 0 Å². The molecule has 2 heterocycles. The molecule has 1 aromatic heterocycles. The lowest BCUT2D eigenvalue weighted by atomic mass is 9.95. The molecule has 5 heteroatoms. The van der Waals surface area contributed by atoms with Crippen molar-refractivity contribution in [3.63, 3.8) is 0 Å². The average molecular weight is 288 g/mol. The molecular formula is C16H24N4O. The van der Waals surface area contributed by atoms with Gasteiger partial charge in [-0.25, -0.2) is 9.97 Å². The van der Waals surface area contributed by atoms with E-state index in [1.54, 1.807) is 6.33 Å². The van der Waals surface area contributed by atoms with Gasteiger partial charge in [0.1, 0.15) is 6.33 Å². The van der Waals surface area contributed by atoms with Gasteiger partial charge in [-0.05, 0) is 24.8 Å². The fourth-order valence-corrected chi connectivity index (χ4v) is 3.30. The number of fused-ring (bicyclic) bond motifs is 1. The number of hydrogen-bond donors (Lipinski definition) is 1. The topological polar surface area (TPSA) is 58.1 Å². The zero-order valence-corrected chi connectivity index (χ0v) is 12.6. The molecule has 0 aromatic carbocycles. The van der Waals surface area contributed by atoms with Crippen molar-refractivity contribution in [2.45, 2.75) is 57.5 Å². The third-order valence-electron chi connectivity index (χ3n) is 4.58. The number of aromatic nitrogens is 2. The zero-order valence-electron chi connectivity index (χ0n) is 12.6. The summed E-state index contributed by atoms with van der Waals surface area (Å²) in [5.74, 6) is 0.204. The van der Waals surface area contributed by atoms with Crippen molar-refractivity contribution in [1.29, 1.82) is 0 Å². The van der Waals surface area contributed by atoms with E-state index in [0.29, 0.717) is 12.5 Å². The van der Waals surface area contributed by atoms with E-state index in [9.17, 15) is 4.79 Å². The highest BCUT2D eigenvalue weighted by Crippen LogP contribution is 2.18. The Labute approximate surface area is 126 Å². The zero-order chi connectivity index (χ0) is 14.5. The normalized spacial score (nSPS) is 20.0. The molecule has 0 unspecified atom stereocenters. The van der Waals surface area contributed by atoms with Crippen molar-refractivity contribution in [2.24, 2.45) is 0 Å². The Kier molecular flexibility index (Phi) is 4.80. The predicted octanol–water partition coefficient (Wildman–Crippen LogP) is 1.67. The van der Waals surface area contributed by atoms with Crippen molar-refractivity contribution in [1.82, 2.24) is 20.2 Å². The van der Waals surface area contributed by atoms with Crippen molar-refractivity contribution in [3.05, 3.63) is 23.8 Å². The number of hydrogen-bond acceptors (Lipinski definition) is 4. The summed E-state index contributed by atoms with van der Waals surface area (Å²) in [6.07, 6.45) is 11.2. The smallest absolute Gasteiger partial charge is 0.221 e. The number of rotatable bonds is 4. The summed E-state index contributed by atoms with van der Waals surface area (Å²) >= 11 is 0. The second-order valence-electron chi connectivity index (χ2n) is 6.17.